The molecule has 0 aromatic carbocycles. The van der Waals surface area contributed by atoms with Crippen molar-refractivity contribution in [3.8, 4) is 0 Å². The van der Waals surface area contributed by atoms with E-state index in [2.05, 4.69) is 0 Å². The van der Waals surface area contributed by atoms with E-state index in [9.17, 15) is 9.59 Å². The average Bonchev–Trinajstić information content (AvgIpc) is 2.34. The van der Waals surface area contributed by atoms with Gasteiger partial charge >= 0.3 is 5.97 Å². The van der Waals surface area contributed by atoms with Gasteiger partial charge in [0.1, 0.15) is 6.61 Å². The monoisotopic (exact) mass is 268 g/mol. The molecule has 0 aliphatic heterocycles. The summed E-state index contributed by atoms with van der Waals surface area (Å²) in [6.07, 6.45) is 5.56. The molecule has 4 aliphatic carbocycles. The molecule has 106 valence electrons. The van der Waals surface area contributed by atoms with Gasteiger partial charge in [-0.3, -0.25) is 4.79 Å². The van der Waals surface area contributed by atoms with Crippen LogP contribution in [0.5, 0.6) is 0 Å². The van der Waals surface area contributed by atoms with Gasteiger partial charge in [-0.15, -0.1) is 0 Å². The standard InChI is InChI=1S/C14H20O5/c15-8-18-7-14-3-9-1-10(4-14)13(11(2-9)5-14)19-6-12(16)17/h8-11,13H,1-7H2,(H,16,17). The Kier molecular flexibility index (Phi) is 3.25. The first kappa shape index (κ1) is 12.9. The Morgan fingerprint density at radius 2 is 1.95 bits per heavy atom. The highest BCUT2D eigenvalue weighted by Gasteiger charge is 2.56. The fourth-order valence-corrected chi connectivity index (χ4v) is 4.97. The number of hydrogen-bond acceptors (Lipinski definition) is 4. The Morgan fingerprint density at radius 3 is 2.53 bits per heavy atom. The minimum Gasteiger partial charge on any atom is -0.480 e. The van der Waals surface area contributed by atoms with E-state index in [1.807, 2.05) is 0 Å². The van der Waals surface area contributed by atoms with Crippen molar-refractivity contribution in [2.75, 3.05) is 13.2 Å². The van der Waals surface area contributed by atoms with Crippen molar-refractivity contribution in [1.29, 1.82) is 0 Å². The van der Waals surface area contributed by atoms with Crippen LogP contribution in [0.3, 0.4) is 0 Å². The van der Waals surface area contributed by atoms with Crippen LogP contribution in [0.2, 0.25) is 0 Å². The second kappa shape index (κ2) is 4.78. The normalized spacial score (nSPS) is 43.2. The number of carbonyl (C=O) groups is 2. The van der Waals surface area contributed by atoms with Crippen LogP contribution < -0.4 is 0 Å². The molecule has 0 saturated heterocycles. The molecule has 0 spiro atoms. The molecule has 4 saturated carbocycles. The number of carbonyl (C=O) groups excluding carboxylic acids is 1. The first-order valence-corrected chi connectivity index (χ1v) is 7.00. The van der Waals surface area contributed by atoms with Crippen molar-refractivity contribution in [1.82, 2.24) is 0 Å². The van der Waals surface area contributed by atoms with Gasteiger partial charge in [-0.2, -0.15) is 0 Å². The summed E-state index contributed by atoms with van der Waals surface area (Å²) >= 11 is 0. The number of carboxylic acids is 1. The number of aliphatic carboxylic acids is 1. The molecule has 4 rings (SSSR count). The van der Waals surface area contributed by atoms with Crippen LogP contribution in [0.4, 0.5) is 0 Å². The van der Waals surface area contributed by atoms with Gasteiger partial charge in [0.05, 0.1) is 12.7 Å². The highest BCUT2D eigenvalue weighted by atomic mass is 16.5. The predicted octanol–water partition coefficient (Wildman–Crippen LogP) is 1.46. The van der Waals surface area contributed by atoms with Gasteiger partial charge in [0.15, 0.2) is 0 Å². The van der Waals surface area contributed by atoms with Gasteiger partial charge in [-0.25, -0.2) is 4.79 Å². The van der Waals surface area contributed by atoms with E-state index in [0.717, 1.165) is 32.1 Å². The lowest BCUT2D eigenvalue weighted by Crippen LogP contribution is -2.55. The van der Waals surface area contributed by atoms with E-state index in [-0.39, 0.29) is 18.1 Å². The third kappa shape index (κ3) is 2.36. The lowest BCUT2D eigenvalue weighted by atomic mass is 9.49. The van der Waals surface area contributed by atoms with Gasteiger partial charge < -0.3 is 14.6 Å². The summed E-state index contributed by atoms with van der Waals surface area (Å²) in [5.74, 6) is 0.701. The van der Waals surface area contributed by atoms with E-state index in [0.29, 0.717) is 30.8 Å². The van der Waals surface area contributed by atoms with E-state index in [1.54, 1.807) is 0 Å². The van der Waals surface area contributed by atoms with Crippen LogP contribution in [0.1, 0.15) is 32.1 Å². The molecule has 5 nitrogen and oxygen atoms in total. The smallest absolute Gasteiger partial charge is 0.329 e. The fraction of sp³-hybridized carbons (Fsp3) is 0.857. The molecule has 4 bridgehead atoms. The quantitative estimate of drug-likeness (QED) is 0.738. The summed E-state index contributed by atoms with van der Waals surface area (Å²) in [6.45, 7) is 0.864. The van der Waals surface area contributed by atoms with Crippen molar-refractivity contribution in [3.05, 3.63) is 0 Å². The number of ether oxygens (including phenoxy) is 2. The highest BCUT2D eigenvalue weighted by molar-refractivity contribution is 5.68. The van der Waals surface area contributed by atoms with Gasteiger partial charge in [-0.05, 0) is 49.9 Å². The topological polar surface area (TPSA) is 72.8 Å². The van der Waals surface area contributed by atoms with E-state index in [4.69, 9.17) is 14.6 Å². The second-order valence-electron chi connectivity index (χ2n) is 6.55. The number of hydrogen-bond donors (Lipinski definition) is 1. The molecular weight excluding hydrogens is 248 g/mol. The SMILES string of the molecule is O=COCC12CC3CC(C1)C(OCC(=O)O)C(C3)C2. The van der Waals surface area contributed by atoms with Crippen LogP contribution in [0.15, 0.2) is 0 Å². The predicted molar refractivity (Wildman–Crippen MR) is 65.4 cm³/mol. The Balaban J connectivity index is 1.68. The van der Waals surface area contributed by atoms with Crippen LogP contribution >= 0.6 is 0 Å². The van der Waals surface area contributed by atoms with Crippen LogP contribution in [-0.4, -0.2) is 36.9 Å². The average molecular weight is 268 g/mol. The Hall–Kier alpha value is -1.10. The lowest BCUT2D eigenvalue weighted by Gasteiger charge is -2.59. The Morgan fingerprint density at radius 1 is 1.26 bits per heavy atom. The maximum Gasteiger partial charge on any atom is 0.329 e. The van der Waals surface area contributed by atoms with Crippen LogP contribution in [0.25, 0.3) is 0 Å². The molecule has 4 aliphatic rings. The van der Waals surface area contributed by atoms with Crippen LogP contribution in [0, 0.1) is 23.2 Å². The molecule has 0 aromatic heterocycles. The summed E-state index contributed by atoms with van der Waals surface area (Å²) in [5, 5.41) is 8.75. The molecule has 0 aromatic rings. The highest BCUT2D eigenvalue weighted by Crippen LogP contribution is 2.60. The maximum absolute atomic E-state index is 10.7. The molecule has 2 atom stereocenters. The molecule has 0 heterocycles. The zero-order valence-electron chi connectivity index (χ0n) is 10.9. The summed E-state index contributed by atoms with van der Waals surface area (Å²) in [6, 6.07) is 0. The van der Waals surface area contributed by atoms with E-state index in [1.165, 1.54) is 0 Å². The Bertz CT molecular complexity index is 364. The fourth-order valence-electron chi connectivity index (χ4n) is 4.97. The zero-order valence-corrected chi connectivity index (χ0v) is 10.9. The molecule has 2 unspecified atom stereocenters. The van der Waals surface area contributed by atoms with Gasteiger partial charge in [0.2, 0.25) is 0 Å². The summed E-state index contributed by atoms with van der Waals surface area (Å²) in [7, 11) is 0. The zero-order chi connectivity index (χ0) is 13.5. The van der Waals surface area contributed by atoms with Crippen molar-refractivity contribution in [2.45, 2.75) is 38.2 Å². The molecule has 5 heteroatoms. The first-order chi connectivity index (χ1) is 9.12. The van der Waals surface area contributed by atoms with Crippen LogP contribution in [-0.2, 0) is 19.1 Å². The summed E-state index contributed by atoms with van der Waals surface area (Å²) in [5.41, 5.74) is 0.139. The second-order valence-corrected chi connectivity index (χ2v) is 6.55. The minimum atomic E-state index is -0.896. The summed E-state index contributed by atoms with van der Waals surface area (Å²) < 4.78 is 10.7. The van der Waals surface area contributed by atoms with Gasteiger partial charge in [0, 0.05) is 5.41 Å². The number of rotatable bonds is 6. The third-order valence-corrected chi connectivity index (χ3v) is 5.17. The third-order valence-electron chi connectivity index (χ3n) is 5.17. The summed E-state index contributed by atoms with van der Waals surface area (Å²) in [4.78, 5) is 21.1. The molecule has 4 fully saturated rings. The number of carboxylic acid groups (broad SMARTS) is 1. The van der Waals surface area contributed by atoms with Crippen molar-refractivity contribution in [3.63, 3.8) is 0 Å². The van der Waals surface area contributed by atoms with Gasteiger partial charge in [0.25, 0.3) is 6.47 Å². The van der Waals surface area contributed by atoms with Crippen molar-refractivity contribution >= 4 is 12.4 Å². The molecule has 0 radical (unpaired) electrons. The van der Waals surface area contributed by atoms with Crippen molar-refractivity contribution in [2.24, 2.45) is 23.2 Å². The largest absolute Gasteiger partial charge is 0.480 e. The molecule has 1 N–H and O–H groups in total. The minimum absolute atomic E-state index is 0.0945. The molecule has 19 heavy (non-hydrogen) atoms. The molecule has 0 amide bonds. The van der Waals surface area contributed by atoms with E-state index >= 15 is 0 Å². The Labute approximate surface area is 112 Å². The molecular formula is C14H20O5. The van der Waals surface area contributed by atoms with Crippen molar-refractivity contribution < 1.29 is 24.2 Å². The maximum atomic E-state index is 10.7. The first-order valence-electron chi connectivity index (χ1n) is 7.00. The lowest BCUT2D eigenvalue weighted by molar-refractivity contribution is -0.182. The van der Waals surface area contributed by atoms with E-state index < -0.39 is 5.97 Å². The van der Waals surface area contributed by atoms with Gasteiger partial charge in [-0.1, -0.05) is 0 Å².